The third-order valence-electron chi connectivity index (χ3n) is 1.62. The Morgan fingerprint density at radius 1 is 1.42 bits per heavy atom. The number of rotatable bonds is 3. The van der Waals surface area contributed by atoms with Gasteiger partial charge in [-0.2, -0.15) is 0 Å². The van der Waals surface area contributed by atoms with Crippen LogP contribution in [0.2, 0.25) is 0 Å². The highest BCUT2D eigenvalue weighted by Gasteiger charge is 2.04. The van der Waals surface area contributed by atoms with Crippen LogP contribution in [0.15, 0.2) is 4.42 Å². The summed E-state index contributed by atoms with van der Waals surface area (Å²) >= 11 is 0. The highest BCUT2D eigenvalue weighted by atomic mass is 16.4. The van der Waals surface area contributed by atoms with E-state index in [9.17, 15) is 0 Å². The Balaban J connectivity index is 2.53. The minimum atomic E-state index is 0.641. The lowest BCUT2D eigenvalue weighted by Crippen LogP contribution is -2.29. The van der Waals surface area contributed by atoms with Crippen LogP contribution in [0, 0.1) is 13.8 Å². The molecule has 1 heterocycles. The number of hydrogen-bond acceptors (Lipinski definition) is 4. The van der Waals surface area contributed by atoms with Crippen LogP contribution < -0.4 is 5.43 Å². The number of nitrogens with zero attached hydrogens (tertiary/aromatic N) is 2. The molecule has 12 heavy (non-hydrogen) atoms. The van der Waals surface area contributed by atoms with E-state index in [0.717, 1.165) is 17.3 Å². The average Bonchev–Trinajstić information content (AvgIpc) is 2.28. The quantitative estimate of drug-likeness (QED) is 0.681. The van der Waals surface area contributed by atoms with E-state index >= 15 is 0 Å². The molecule has 4 heteroatoms. The summed E-state index contributed by atoms with van der Waals surface area (Å²) in [7, 11) is 3.87. The standard InChI is InChI=1S/C8H15N3O/c1-6-7(2)12-8(10-6)5-9-11(3)4/h9H,5H2,1-4H3. The Morgan fingerprint density at radius 2 is 2.08 bits per heavy atom. The molecule has 1 rings (SSSR count). The molecule has 0 aromatic carbocycles. The van der Waals surface area contributed by atoms with E-state index in [4.69, 9.17) is 4.42 Å². The summed E-state index contributed by atoms with van der Waals surface area (Å²) in [6.07, 6.45) is 0. The molecule has 0 saturated carbocycles. The number of hydrogen-bond donors (Lipinski definition) is 1. The Labute approximate surface area is 72.5 Å². The fourth-order valence-electron chi connectivity index (χ4n) is 0.841. The van der Waals surface area contributed by atoms with Crippen molar-refractivity contribution in [3.8, 4) is 0 Å². The molecule has 0 radical (unpaired) electrons. The van der Waals surface area contributed by atoms with Gasteiger partial charge >= 0.3 is 0 Å². The number of aromatic nitrogens is 1. The highest BCUT2D eigenvalue weighted by molar-refractivity contribution is 5.04. The second kappa shape index (κ2) is 3.69. The van der Waals surface area contributed by atoms with Crippen molar-refractivity contribution in [2.45, 2.75) is 20.4 Å². The molecule has 0 bridgehead atoms. The zero-order valence-corrected chi connectivity index (χ0v) is 8.01. The number of oxazole rings is 1. The first-order valence-electron chi connectivity index (χ1n) is 3.93. The first kappa shape index (κ1) is 9.22. The van der Waals surface area contributed by atoms with E-state index < -0.39 is 0 Å². The number of nitrogens with one attached hydrogen (secondary N) is 1. The van der Waals surface area contributed by atoms with Crippen LogP contribution in [0.3, 0.4) is 0 Å². The summed E-state index contributed by atoms with van der Waals surface area (Å²) in [6.45, 7) is 4.50. The molecule has 0 atom stereocenters. The molecule has 1 aromatic heterocycles. The van der Waals surface area contributed by atoms with Gasteiger partial charge in [-0.15, -0.1) is 0 Å². The summed E-state index contributed by atoms with van der Waals surface area (Å²) in [5, 5.41) is 1.87. The fraction of sp³-hybridized carbons (Fsp3) is 0.625. The molecule has 0 fully saturated rings. The molecule has 1 aromatic rings. The summed E-state index contributed by atoms with van der Waals surface area (Å²) in [4.78, 5) is 4.23. The van der Waals surface area contributed by atoms with Crippen LogP contribution in [-0.4, -0.2) is 24.1 Å². The first-order chi connectivity index (χ1) is 5.59. The van der Waals surface area contributed by atoms with Gasteiger partial charge in [0, 0.05) is 14.1 Å². The second-order valence-electron chi connectivity index (χ2n) is 2.98. The molecule has 0 aliphatic rings. The van der Waals surface area contributed by atoms with Crippen LogP contribution >= 0.6 is 0 Å². The van der Waals surface area contributed by atoms with Gasteiger partial charge in [-0.25, -0.2) is 10.4 Å². The van der Waals surface area contributed by atoms with Gasteiger partial charge in [0.05, 0.1) is 12.2 Å². The van der Waals surface area contributed by atoms with E-state index in [2.05, 4.69) is 10.4 Å². The Morgan fingerprint density at radius 3 is 2.50 bits per heavy atom. The van der Waals surface area contributed by atoms with Crippen molar-refractivity contribution in [1.29, 1.82) is 0 Å². The molecule has 68 valence electrons. The van der Waals surface area contributed by atoms with Gasteiger partial charge in [-0.1, -0.05) is 0 Å². The van der Waals surface area contributed by atoms with Gasteiger partial charge in [0.25, 0.3) is 0 Å². The van der Waals surface area contributed by atoms with Crippen molar-refractivity contribution in [3.05, 3.63) is 17.3 Å². The predicted octanol–water partition coefficient (Wildman–Crippen LogP) is 0.858. The zero-order valence-electron chi connectivity index (χ0n) is 8.01. The maximum atomic E-state index is 5.36. The SMILES string of the molecule is Cc1nc(CNN(C)C)oc1C. The molecule has 0 aliphatic heterocycles. The smallest absolute Gasteiger partial charge is 0.209 e. The Hall–Kier alpha value is -0.870. The van der Waals surface area contributed by atoms with Gasteiger partial charge in [0.2, 0.25) is 5.89 Å². The lowest BCUT2D eigenvalue weighted by atomic mass is 10.4. The lowest BCUT2D eigenvalue weighted by Gasteiger charge is -2.08. The van der Waals surface area contributed by atoms with E-state index in [1.807, 2.05) is 33.0 Å². The van der Waals surface area contributed by atoms with E-state index in [-0.39, 0.29) is 0 Å². The third kappa shape index (κ3) is 2.32. The van der Waals surface area contributed by atoms with Crippen molar-refractivity contribution >= 4 is 0 Å². The summed E-state index contributed by atoms with van der Waals surface area (Å²) in [6, 6.07) is 0. The number of hydrazine groups is 1. The normalized spacial score (nSPS) is 11.1. The average molecular weight is 169 g/mol. The van der Waals surface area contributed by atoms with Crippen LogP contribution in [-0.2, 0) is 6.54 Å². The number of aryl methyl sites for hydroxylation is 2. The molecule has 0 unspecified atom stereocenters. The molecular weight excluding hydrogens is 154 g/mol. The third-order valence-corrected chi connectivity index (χ3v) is 1.62. The summed E-state index contributed by atoms with van der Waals surface area (Å²) in [5.41, 5.74) is 4.04. The first-order valence-corrected chi connectivity index (χ1v) is 3.93. The van der Waals surface area contributed by atoms with Crippen molar-refractivity contribution in [1.82, 2.24) is 15.4 Å². The molecule has 0 aliphatic carbocycles. The Bertz CT molecular complexity index is 235. The molecule has 4 nitrogen and oxygen atoms in total. The molecule has 0 amide bonds. The topological polar surface area (TPSA) is 41.3 Å². The highest BCUT2D eigenvalue weighted by Crippen LogP contribution is 2.07. The van der Waals surface area contributed by atoms with E-state index in [0.29, 0.717) is 6.54 Å². The zero-order chi connectivity index (χ0) is 9.14. The van der Waals surface area contributed by atoms with E-state index in [1.54, 1.807) is 0 Å². The minimum Gasteiger partial charge on any atom is -0.444 e. The van der Waals surface area contributed by atoms with Crippen molar-refractivity contribution in [3.63, 3.8) is 0 Å². The minimum absolute atomic E-state index is 0.641. The monoisotopic (exact) mass is 169 g/mol. The molecule has 1 N–H and O–H groups in total. The molecule has 0 saturated heterocycles. The fourth-order valence-corrected chi connectivity index (χ4v) is 0.841. The maximum Gasteiger partial charge on any atom is 0.209 e. The van der Waals surface area contributed by atoms with Gasteiger partial charge in [0.1, 0.15) is 5.76 Å². The van der Waals surface area contributed by atoms with E-state index in [1.165, 1.54) is 0 Å². The van der Waals surface area contributed by atoms with Gasteiger partial charge in [-0.3, -0.25) is 5.01 Å². The van der Waals surface area contributed by atoms with Gasteiger partial charge in [0.15, 0.2) is 0 Å². The van der Waals surface area contributed by atoms with Crippen LogP contribution in [0.1, 0.15) is 17.3 Å². The van der Waals surface area contributed by atoms with Crippen molar-refractivity contribution < 1.29 is 4.42 Å². The largest absolute Gasteiger partial charge is 0.444 e. The van der Waals surface area contributed by atoms with Gasteiger partial charge in [-0.05, 0) is 13.8 Å². The van der Waals surface area contributed by atoms with Crippen molar-refractivity contribution in [2.24, 2.45) is 0 Å². The van der Waals surface area contributed by atoms with Gasteiger partial charge < -0.3 is 4.42 Å². The van der Waals surface area contributed by atoms with Crippen LogP contribution in [0.5, 0.6) is 0 Å². The van der Waals surface area contributed by atoms with Crippen LogP contribution in [0.25, 0.3) is 0 Å². The molecular formula is C8H15N3O. The summed E-state index contributed by atoms with van der Waals surface area (Å²) in [5.74, 6) is 1.63. The maximum absolute atomic E-state index is 5.36. The predicted molar refractivity (Wildman–Crippen MR) is 46.5 cm³/mol. The second-order valence-corrected chi connectivity index (χ2v) is 2.98. The Kier molecular flexibility index (Phi) is 2.83. The lowest BCUT2D eigenvalue weighted by molar-refractivity contribution is 0.267. The molecule has 0 spiro atoms. The summed E-state index contributed by atoms with van der Waals surface area (Å²) < 4.78 is 5.36. The van der Waals surface area contributed by atoms with Crippen LogP contribution in [0.4, 0.5) is 0 Å². The van der Waals surface area contributed by atoms with Crippen molar-refractivity contribution in [2.75, 3.05) is 14.1 Å².